The van der Waals surface area contributed by atoms with Crippen molar-refractivity contribution in [2.75, 3.05) is 18.4 Å². The van der Waals surface area contributed by atoms with Crippen LogP contribution in [0.15, 0.2) is 42.6 Å². The Morgan fingerprint density at radius 1 is 1.21 bits per heavy atom. The average Bonchev–Trinajstić information content (AvgIpc) is 2.69. The SMILES string of the molecule is Cc1ccnc(NC(=O)C2CCN(C(=O)Cc3ccc(OC(F)F)cc3)CC2)c1. The zero-order valence-electron chi connectivity index (χ0n) is 16.1. The van der Waals surface area contributed by atoms with Gasteiger partial charge >= 0.3 is 6.61 Å². The monoisotopic (exact) mass is 403 g/mol. The lowest BCUT2D eigenvalue weighted by atomic mass is 9.95. The van der Waals surface area contributed by atoms with Gasteiger partial charge in [0.1, 0.15) is 11.6 Å². The molecular formula is C21H23F2N3O3. The lowest BCUT2D eigenvalue weighted by molar-refractivity contribution is -0.133. The summed E-state index contributed by atoms with van der Waals surface area (Å²) < 4.78 is 28.7. The van der Waals surface area contributed by atoms with Crippen molar-refractivity contribution in [2.24, 2.45) is 5.92 Å². The molecule has 6 nitrogen and oxygen atoms in total. The van der Waals surface area contributed by atoms with E-state index in [-0.39, 0.29) is 29.9 Å². The van der Waals surface area contributed by atoms with Crippen LogP contribution in [0.4, 0.5) is 14.6 Å². The van der Waals surface area contributed by atoms with E-state index in [0.717, 1.165) is 11.1 Å². The molecule has 0 radical (unpaired) electrons. The molecule has 1 N–H and O–H groups in total. The van der Waals surface area contributed by atoms with Crippen LogP contribution in [0.2, 0.25) is 0 Å². The molecule has 2 amide bonds. The molecule has 0 spiro atoms. The van der Waals surface area contributed by atoms with E-state index in [0.29, 0.717) is 31.7 Å². The highest BCUT2D eigenvalue weighted by atomic mass is 19.3. The number of likely N-dealkylation sites (tertiary alicyclic amines) is 1. The zero-order valence-corrected chi connectivity index (χ0v) is 16.1. The lowest BCUT2D eigenvalue weighted by Crippen LogP contribution is -2.42. The molecule has 3 rings (SSSR count). The van der Waals surface area contributed by atoms with Gasteiger partial charge in [-0.1, -0.05) is 12.1 Å². The van der Waals surface area contributed by atoms with E-state index in [1.807, 2.05) is 19.1 Å². The maximum absolute atomic E-state index is 12.5. The number of halogens is 2. The zero-order chi connectivity index (χ0) is 20.8. The van der Waals surface area contributed by atoms with Crippen LogP contribution < -0.4 is 10.1 Å². The van der Waals surface area contributed by atoms with Crippen molar-refractivity contribution in [2.45, 2.75) is 32.8 Å². The maximum Gasteiger partial charge on any atom is 0.387 e. The number of carbonyl (C=O) groups excluding carboxylic acids is 2. The maximum atomic E-state index is 12.5. The minimum Gasteiger partial charge on any atom is -0.435 e. The number of alkyl halides is 2. The fourth-order valence-corrected chi connectivity index (χ4v) is 3.30. The van der Waals surface area contributed by atoms with Crippen molar-refractivity contribution in [3.05, 3.63) is 53.7 Å². The number of nitrogens with one attached hydrogen (secondary N) is 1. The number of aryl methyl sites for hydroxylation is 1. The summed E-state index contributed by atoms with van der Waals surface area (Å²) in [6, 6.07) is 9.72. The third-order valence-electron chi connectivity index (χ3n) is 4.89. The first kappa shape index (κ1) is 20.7. The van der Waals surface area contributed by atoms with Gasteiger partial charge in [-0.25, -0.2) is 4.98 Å². The van der Waals surface area contributed by atoms with Crippen molar-refractivity contribution in [3.63, 3.8) is 0 Å². The highest BCUT2D eigenvalue weighted by Crippen LogP contribution is 2.21. The second kappa shape index (κ2) is 9.45. The molecule has 1 aromatic heterocycles. The van der Waals surface area contributed by atoms with Gasteiger partial charge in [0.05, 0.1) is 6.42 Å². The van der Waals surface area contributed by atoms with Crippen molar-refractivity contribution >= 4 is 17.6 Å². The molecule has 0 bridgehead atoms. The summed E-state index contributed by atoms with van der Waals surface area (Å²) >= 11 is 0. The van der Waals surface area contributed by atoms with Gasteiger partial charge in [0.15, 0.2) is 0 Å². The van der Waals surface area contributed by atoms with Crippen LogP contribution in [-0.4, -0.2) is 41.4 Å². The Morgan fingerprint density at radius 3 is 2.52 bits per heavy atom. The van der Waals surface area contributed by atoms with Crippen LogP contribution in [-0.2, 0) is 16.0 Å². The molecule has 1 fully saturated rings. The Morgan fingerprint density at radius 2 is 1.90 bits per heavy atom. The molecule has 0 unspecified atom stereocenters. The van der Waals surface area contributed by atoms with Gasteiger partial charge in [0.25, 0.3) is 0 Å². The Labute approximate surface area is 167 Å². The third kappa shape index (κ3) is 5.97. The number of hydrogen-bond acceptors (Lipinski definition) is 4. The highest BCUT2D eigenvalue weighted by Gasteiger charge is 2.27. The molecule has 29 heavy (non-hydrogen) atoms. The van der Waals surface area contributed by atoms with Crippen molar-refractivity contribution in [1.29, 1.82) is 0 Å². The number of pyridine rings is 1. The fourth-order valence-electron chi connectivity index (χ4n) is 3.30. The first-order valence-electron chi connectivity index (χ1n) is 9.46. The number of rotatable bonds is 6. The van der Waals surface area contributed by atoms with E-state index in [2.05, 4.69) is 15.0 Å². The van der Waals surface area contributed by atoms with Gasteiger partial charge in [0.2, 0.25) is 11.8 Å². The number of ether oxygens (including phenoxy) is 1. The largest absolute Gasteiger partial charge is 0.435 e. The van der Waals surface area contributed by atoms with Crippen LogP contribution >= 0.6 is 0 Å². The first-order chi connectivity index (χ1) is 13.9. The molecule has 1 aliphatic rings. The first-order valence-corrected chi connectivity index (χ1v) is 9.46. The summed E-state index contributed by atoms with van der Waals surface area (Å²) in [5, 5.41) is 2.84. The molecule has 0 aliphatic carbocycles. The van der Waals surface area contributed by atoms with Gasteiger partial charge in [-0.3, -0.25) is 9.59 Å². The Hall–Kier alpha value is -3.03. The molecule has 0 atom stereocenters. The van der Waals surface area contributed by atoms with Crippen LogP contribution in [0.1, 0.15) is 24.0 Å². The van der Waals surface area contributed by atoms with Gasteiger partial charge in [-0.15, -0.1) is 0 Å². The van der Waals surface area contributed by atoms with Crippen LogP contribution in [0.3, 0.4) is 0 Å². The van der Waals surface area contributed by atoms with E-state index >= 15 is 0 Å². The number of piperidine rings is 1. The molecule has 154 valence electrons. The smallest absolute Gasteiger partial charge is 0.387 e. The van der Waals surface area contributed by atoms with Crippen molar-refractivity contribution in [1.82, 2.24) is 9.88 Å². The molecular weight excluding hydrogens is 380 g/mol. The van der Waals surface area contributed by atoms with Crippen LogP contribution in [0.25, 0.3) is 0 Å². The van der Waals surface area contributed by atoms with Crippen LogP contribution in [0.5, 0.6) is 5.75 Å². The highest BCUT2D eigenvalue weighted by molar-refractivity contribution is 5.92. The van der Waals surface area contributed by atoms with E-state index < -0.39 is 6.61 Å². The summed E-state index contributed by atoms with van der Waals surface area (Å²) in [5.41, 5.74) is 1.74. The third-order valence-corrected chi connectivity index (χ3v) is 4.89. The van der Waals surface area contributed by atoms with Gasteiger partial charge in [-0.05, 0) is 55.2 Å². The Balaban J connectivity index is 1.47. The van der Waals surface area contributed by atoms with Gasteiger partial charge < -0.3 is 15.0 Å². The molecule has 2 aromatic rings. The second-order valence-corrected chi connectivity index (χ2v) is 7.06. The molecule has 1 aromatic carbocycles. The van der Waals surface area contributed by atoms with E-state index in [9.17, 15) is 18.4 Å². The summed E-state index contributed by atoms with van der Waals surface area (Å²) in [6.07, 6.45) is 3.01. The van der Waals surface area contributed by atoms with E-state index in [1.54, 1.807) is 23.2 Å². The summed E-state index contributed by atoms with van der Waals surface area (Å²) in [7, 11) is 0. The molecule has 1 saturated heterocycles. The fraction of sp³-hybridized carbons (Fsp3) is 0.381. The Kier molecular flexibility index (Phi) is 6.74. The number of amides is 2. The number of aromatic nitrogens is 1. The minimum atomic E-state index is -2.87. The van der Waals surface area contributed by atoms with E-state index in [1.165, 1.54) is 12.1 Å². The molecule has 0 saturated carbocycles. The summed E-state index contributed by atoms with van der Waals surface area (Å²) in [6.45, 7) is 0.0683. The lowest BCUT2D eigenvalue weighted by Gasteiger charge is -2.31. The number of benzene rings is 1. The number of hydrogen-bond donors (Lipinski definition) is 1. The molecule has 1 aliphatic heterocycles. The van der Waals surface area contributed by atoms with Crippen LogP contribution in [0, 0.1) is 12.8 Å². The normalized spacial score (nSPS) is 14.7. The summed E-state index contributed by atoms with van der Waals surface area (Å²) in [5.74, 6) is 0.308. The summed E-state index contributed by atoms with van der Waals surface area (Å²) in [4.78, 5) is 30.8. The number of nitrogens with zero attached hydrogens (tertiary/aromatic N) is 2. The molecule has 2 heterocycles. The van der Waals surface area contributed by atoms with Crippen molar-refractivity contribution in [3.8, 4) is 5.75 Å². The topological polar surface area (TPSA) is 71.5 Å². The minimum absolute atomic E-state index is 0.0493. The van der Waals surface area contributed by atoms with Gasteiger partial charge in [-0.2, -0.15) is 8.78 Å². The van der Waals surface area contributed by atoms with E-state index in [4.69, 9.17) is 0 Å². The average molecular weight is 403 g/mol. The second-order valence-electron chi connectivity index (χ2n) is 7.06. The Bertz CT molecular complexity index is 851. The predicted molar refractivity (Wildman–Crippen MR) is 104 cm³/mol. The number of anilines is 1. The van der Waals surface area contributed by atoms with Crippen molar-refractivity contribution < 1.29 is 23.1 Å². The molecule has 8 heteroatoms. The number of carbonyl (C=O) groups is 2. The standard InChI is InChI=1S/C21H23F2N3O3/c1-14-6-9-24-18(12-14)25-20(28)16-7-10-26(11-8-16)19(27)13-15-2-4-17(5-3-15)29-21(22)23/h2-6,9,12,16,21H,7-8,10-11,13H2,1H3,(H,24,25,28). The van der Waals surface area contributed by atoms with Gasteiger partial charge in [0, 0.05) is 25.2 Å². The predicted octanol–water partition coefficient (Wildman–Crippen LogP) is 3.41. The quantitative estimate of drug-likeness (QED) is 0.802.